The maximum absolute atomic E-state index is 15.1. The summed E-state index contributed by atoms with van der Waals surface area (Å²) in [7, 11) is 2.81. The first-order valence-electron chi connectivity index (χ1n) is 13.7. The van der Waals surface area contributed by atoms with Crippen LogP contribution >= 0.6 is 0 Å². The lowest BCUT2D eigenvalue weighted by Gasteiger charge is -2.19. The number of allylic oxidation sites excluding steroid dienone is 3. The van der Waals surface area contributed by atoms with Crippen LogP contribution < -0.4 is 5.32 Å². The molecule has 1 atom stereocenters. The standard InChI is InChI=1S/C30H39FN2O.C3H7N.CH4O/c1-6-9-11-23(4)32-17-16-27(29-13-10-12-26(7-2)24(29)5)21-28-15-14-25(20-30(28)31)22-33(8-3)18-19-34;1-3-4-2;1-2/h6-7,10,12-17,20,23,34H,1-2,8-9,11,18-19,21-22H2,3-5H3;3-4H,1H2,2H3;2H,1H3/b27-16-,32-17?;;. The second-order valence-electron chi connectivity index (χ2n) is 9.12. The quantitative estimate of drug-likeness (QED) is 0.172. The zero-order valence-electron chi connectivity index (χ0n) is 25.2. The number of nitrogens with zero attached hydrogens (tertiary/aromatic N) is 2. The first-order valence-corrected chi connectivity index (χ1v) is 13.7. The van der Waals surface area contributed by atoms with Crippen LogP contribution in [0.1, 0.15) is 54.5 Å². The summed E-state index contributed by atoms with van der Waals surface area (Å²) in [4.78, 5) is 6.74. The average molecular weight is 552 g/mol. The highest BCUT2D eigenvalue weighted by Crippen LogP contribution is 2.27. The van der Waals surface area contributed by atoms with E-state index in [4.69, 9.17) is 5.11 Å². The lowest BCUT2D eigenvalue weighted by atomic mass is 9.91. The molecule has 0 saturated carbocycles. The minimum atomic E-state index is -0.211. The van der Waals surface area contributed by atoms with Gasteiger partial charge in [-0.3, -0.25) is 9.89 Å². The van der Waals surface area contributed by atoms with Crippen molar-refractivity contribution in [1.82, 2.24) is 10.2 Å². The van der Waals surface area contributed by atoms with Crippen molar-refractivity contribution in [3.63, 3.8) is 0 Å². The lowest BCUT2D eigenvalue weighted by Crippen LogP contribution is -2.26. The Morgan fingerprint density at radius 2 is 1.88 bits per heavy atom. The van der Waals surface area contributed by atoms with E-state index in [-0.39, 0.29) is 18.5 Å². The van der Waals surface area contributed by atoms with E-state index in [2.05, 4.69) is 54.9 Å². The largest absolute Gasteiger partial charge is 0.400 e. The predicted molar refractivity (Wildman–Crippen MR) is 172 cm³/mol. The van der Waals surface area contributed by atoms with E-state index in [9.17, 15) is 5.11 Å². The van der Waals surface area contributed by atoms with Crippen molar-refractivity contribution >= 4 is 17.9 Å². The van der Waals surface area contributed by atoms with Gasteiger partial charge in [0, 0.05) is 45.9 Å². The van der Waals surface area contributed by atoms with Crippen molar-refractivity contribution in [3.05, 3.63) is 108 Å². The third-order valence-corrected chi connectivity index (χ3v) is 6.32. The van der Waals surface area contributed by atoms with Gasteiger partial charge in [-0.05, 0) is 85.0 Å². The highest BCUT2D eigenvalue weighted by molar-refractivity contribution is 5.87. The summed E-state index contributed by atoms with van der Waals surface area (Å²) in [6.45, 7) is 19.4. The zero-order chi connectivity index (χ0) is 30.3. The molecule has 0 aliphatic carbocycles. The van der Waals surface area contributed by atoms with Crippen LogP contribution in [0.2, 0.25) is 0 Å². The summed E-state index contributed by atoms with van der Waals surface area (Å²) in [5.41, 5.74) is 5.84. The number of halogens is 1. The summed E-state index contributed by atoms with van der Waals surface area (Å²) >= 11 is 0. The molecule has 0 heterocycles. The molecule has 6 heteroatoms. The van der Waals surface area contributed by atoms with Gasteiger partial charge >= 0.3 is 0 Å². The molecule has 0 aliphatic heterocycles. The van der Waals surface area contributed by atoms with E-state index in [0.29, 0.717) is 25.1 Å². The second kappa shape index (κ2) is 22.5. The van der Waals surface area contributed by atoms with E-state index >= 15 is 4.39 Å². The van der Waals surface area contributed by atoms with Crippen LogP contribution in [0.15, 0.2) is 79.5 Å². The maximum atomic E-state index is 15.1. The van der Waals surface area contributed by atoms with Crippen molar-refractivity contribution in [2.75, 3.05) is 33.9 Å². The molecule has 0 fully saturated rings. The minimum absolute atomic E-state index is 0.0967. The van der Waals surface area contributed by atoms with Gasteiger partial charge in [0.1, 0.15) is 5.82 Å². The number of aliphatic hydroxyl groups is 2. The molecule has 1 unspecified atom stereocenters. The fourth-order valence-electron chi connectivity index (χ4n) is 3.97. The number of hydrogen-bond acceptors (Lipinski definition) is 5. The Bertz CT molecular complexity index is 1080. The first kappa shape index (κ1) is 36.7. The number of nitrogens with one attached hydrogen (secondary N) is 1. The zero-order valence-corrected chi connectivity index (χ0v) is 25.2. The minimum Gasteiger partial charge on any atom is -0.400 e. The molecule has 2 rings (SSSR count). The van der Waals surface area contributed by atoms with Crippen LogP contribution in [-0.2, 0) is 13.0 Å². The van der Waals surface area contributed by atoms with Crippen LogP contribution in [-0.4, -0.2) is 61.2 Å². The fraction of sp³-hybridized carbons (Fsp3) is 0.382. The molecule has 40 heavy (non-hydrogen) atoms. The molecule has 2 aromatic carbocycles. The smallest absolute Gasteiger partial charge is 0.127 e. The van der Waals surface area contributed by atoms with Gasteiger partial charge in [0.2, 0.25) is 0 Å². The monoisotopic (exact) mass is 551 g/mol. The Morgan fingerprint density at radius 1 is 1.18 bits per heavy atom. The van der Waals surface area contributed by atoms with Gasteiger partial charge in [-0.15, -0.1) is 6.58 Å². The van der Waals surface area contributed by atoms with Crippen molar-refractivity contribution in [3.8, 4) is 0 Å². The molecule has 220 valence electrons. The van der Waals surface area contributed by atoms with Gasteiger partial charge < -0.3 is 15.5 Å². The van der Waals surface area contributed by atoms with Gasteiger partial charge in [0.15, 0.2) is 0 Å². The third-order valence-electron chi connectivity index (χ3n) is 6.32. The van der Waals surface area contributed by atoms with Crippen molar-refractivity contribution in [2.24, 2.45) is 4.99 Å². The summed E-state index contributed by atoms with van der Waals surface area (Å²) in [6.07, 6.45) is 11.6. The van der Waals surface area contributed by atoms with Crippen molar-refractivity contribution in [2.45, 2.75) is 52.6 Å². The predicted octanol–water partition coefficient (Wildman–Crippen LogP) is 6.60. The number of benzene rings is 2. The molecule has 2 aromatic rings. The van der Waals surface area contributed by atoms with Crippen LogP contribution in [0.25, 0.3) is 11.6 Å². The number of likely N-dealkylation sites (N-methyl/N-ethyl adjacent to an activating group) is 1. The highest BCUT2D eigenvalue weighted by atomic mass is 19.1. The Morgan fingerprint density at radius 3 is 2.42 bits per heavy atom. The molecule has 0 aromatic heterocycles. The molecule has 0 spiro atoms. The number of hydrogen-bond donors (Lipinski definition) is 3. The summed E-state index contributed by atoms with van der Waals surface area (Å²) in [5, 5.41) is 18.9. The van der Waals surface area contributed by atoms with E-state index in [1.54, 1.807) is 12.3 Å². The summed E-state index contributed by atoms with van der Waals surface area (Å²) < 4.78 is 15.1. The number of aliphatic imine (C=N–C) groups is 1. The highest BCUT2D eigenvalue weighted by Gasteiger charge is 2.12. The molecule has 0 aliphatic rings. The van der Waals surface area contributed by atoms with Gasteiger partial charge in [0.25, 0.3) is 0 Å². The lowest BCUT2D eigenvalue weighted by molar-refractivity contribution is 0.196. The molecule has 0 radical (unpaired) electrons. The second-order valence-corrected chi connectivity index (χ2v) is 9.12. The Hall–Kier alpha value is -3.32. The van der Waals surface area contributed by atoms with E-state index in [1.807, 2.05) is 62.7 Å². The molecular weight excluding hydrogens is 501 g/mol. The molecule has 0 saturated heterocycles. The van der Waals surface area contributed by atoms with Crippen molar-refractivity contribution < 1.29 is 14.6 Å². The molecule has 5 nitrogen and oxygen atoms in total. The van der Waals surface area contributed by atoms with E-state index < -0.39 is 0 Å². The summed E-state index contributed by atoms with van der Waals surface area (Å²) in [6, 6.07) is 11.8. The van der Waals surface area contributed by atoms with Crippen molar-refractivity contribution in [1.29, 1.82) is 0 Å². The fourth-order valence-corrected chi connectivity index (χ4v) is 3.97. The Kier molecular flexibility index (Phi) is 20.6. The van der Waals surface area contributed by atoms with E-state index in [1.165, 1.54) is 0 Å². The van der Waals surface area contributed by atoms with Crippen LogP contribution in [0.5, 0.6) is 0 Å². The van der Waals surface area contributed by atoms with Crippen LogP contribution in [0.3, 0.4) is 0 Å². The number of rotatable bonds is 15. The maximum Gasteiger partial charge on any atom is 0.127 e. The van der Waals surface area contributed by atoms with Gasteiger partial charge in [-0.25, -0.2) is 4.39 Å². The third kappa shape index (κ3) is 13.7. The topological polar surface area (TPSA) is 68.1 Å². The summed E-state index contributed by atoms with van der Waals surface area (Å²) in [5.74, 6) is -0.211. The van der Waals surface area contributed by atoms with Gasteiger partial charge in [-0.1, -0.05) is 62.6 Å². The Labute approximate surface area is 242 Å². The normalized spacial score (nSPS) is 11.7. The first-order chi connectivity index (χ1) is 19.3. The molecule has 3 N–H and O–H groups in total. The van der Waals surface area contributed by atoms with Gasteiger partial charge in [-0.2, -0.15) is 0 Å². The number of aliphatic hydroxyl groups excluding tert-OH is 2. The molecule has 0 bridgehead atoms. The van der Waals surface area contributed by atoms with E-state index in [0.717, 1.165) is 54.3 Å². The molecule has 0 amide bonds. The Balaban J connectivity index is 0.00000232. The SMILES string of the molecule is C=CCCC(C)N=C/C=C(/Cc1ccc(CN(CC)CCO)cc1F)c1cccc(C=C)c1C.C=CNC.CO. The van der Waals surface area contributed by atoms with Crippen LogP contribution in [0, 0.1) is 12.7 Å². The van der Waals surface area contributed by atoms with Crippen LogP contribution in [0.4, 0.5) is 4.39 Å². The average Bonchev–Trinajstić information content (AvgIpc) is 2.97. The molecular formula is C34H50FN3O2. The van der Waals surface area contributed by atoms with Gasteiger partial charge in [0.05, 0.1) is 6.61 Å².